The molecule has 0 saturated carbocycles. The van der Waals surface area contributed by atoms with Gasteiger partial charge in [0, 0.05) is 26.4 Å². The molecule has 1 aromatic rings. The second-order valence-corrected chi connectivity index (χ2v) is 3.61. The normalized spacial score (nSPS) is 10.0. The Bertz CT molecular complexity index is 338. The fourth-order valence-corrected chi connectivity index (χ4v) is 1.25. The number of amides is 1. The van der Waals surface area contributed by atoms with Crippen LogP contribution in [0.1, 0.15) is 23.7 Å². The monoisotopic (exact) mass is 237 g/mol. The van der Waals surface area contributed by atoms with Gasteiger partial charge < -0.3 is 15.4 Å². The largest absolute Gasteiger partial charge is 0.383 e. The van der Waals surface area contributed by atoms with Crippen LogP contribution < -0.4 is 10.6 Å². The van der Waals surface area contributed by atoms with Crippen LogP contribution in [0.4, 0.5) is 5.82 Å². The number of nitrogens with zero attached hydrogens (tertiary/aromatic N) is 1. The van der Waals surface area contributed by atoms with Gasteiger partial charge in [0.05, 0.1) is 12.2 Å². The van der Waals surface area contributed by atoms with E-state index in [1.807, 2.05) is 0 Å². The van der Waals surface area contributed by atoms with Gasteiger partial charge in [0.2, 0.25) is 0 Å². The number of nitrogens with one attached hydrogen (secondary N) is 2. The zero-order valence-corrected chi connectivity index (χ0v) is 10.3. The summed E-state index contributed by atoms with van der Waals surface area (Å²) in [5.74, 6) is 0.664. The van der Waals surface area contributed by atoms with E-state index in [4.69, 9.17) is 4.74 Å². The van der Waals surface area contributed by atoms with Crippen molar-refractivity contribution < 1.29 is 9.53 Å². The molecule has 2 N–H and O–H groups in total. The van der Waals surface area contributed by atoms with Crippen LogP contribution in [-0.4, -0.2) is 37.7 Å². The standard InChI is InChI=1S/C12H19N3O2/c1-3-6-13-11-5-4-10(9-15-11)12(16)14-7-8-17-2/h4-5,9H,3,6-8H2,1-2H3,(H,13,15)(H,14,16). The van der Waals surface area contributed by atoms with Crippen LogP contribution in [0.15, 0.2) is 18.3 Å². The van der Waals surface area contributed by atoms with E-state index in [0.717, 1.165) is 18.8 Å². The van der Waals surface area contributed by atoms with Gasteiger partial charge in [-0.3, -0.25) is 4.79 Å². The van der Waals surface area contributed by atoms with E-state index in [-0.39, 0.29) is 5.91 Å². The van der Waals surface area contributed by atoms with Crippen molar-refractivity contribution >= 4 is 11.7 Å². The van der Waals surface area contributed by atoms with Crippen molar-refractivity contribution in [3.63, 3.8) is 0 Å². The predicted octanol–water partition coefficient (Wildman–Crippen LogP) is 1.28. The lowest BCUT2D eigenvalue weighted by Gasteiger charge is -2.06. The Labute approximate surface area is 102 Å². The highest BCUT2D eigenvalue weighted by Gasteiger charge is 2.04. The topological polar surface area (TPSA) is 63.2 Å². The maximum absolute atomic E-state index is 11.6. The number of aromatic nitrogens is 1. The average molecular weight is 237 g/mol. The molecule has 17 heavy (non-hydrogen) atoms. The third-order valence-electron chi connectivity index (χ3n) is 2.17. The van der Waals surface area contributed by atoms with Crippen molar-refractivity contribution in [3.05, 3.63) is 23.9 Å². The maximum atomic E-state index is 11.6. The van der Waals surface area contributed by atoms with Crippen molar-refractivity contribution in [1.82, 2.24) is 10.3 Å². The zero-order chi connectivity index (χ0) is 12.5. The maximum Gasteiger partial charge on any atom is 0.252 e. The van der Waals surface area contributed by atoms with Gasteiger partial charge in [0.15, 0.2) is 0 Å². The Morgan fingerprint density at radius 1 is 1.41 bits per heavy atom. The molecular formula is C12H19N3O2. The summed E-state index contributed by atoms with van der Waals surface area (Å²) in [4.78, 5) is 15.8. The molecule has 0 bridgehead atoms. The van der Waals surface area contributed by atoms with Crippen molar-refractivity contribution in [2.45, 2.75) is 13.3 Å². The van der Waals surface area contributed by atoms with Crippen LogP contribution in [-0.2, 0) is 4.74 Å². The molecule has 1 heterocycles. The molecular weight excluding hydrogens is 218 g/mol. The molecule has 1 amide bonds. The van der Waals surface area contributed by atoms with Gasteiger partial charge in [-0.25, -0.2) is 4.98 Å². The number of carbonyl (C=O) groups is 1. The first-order chi connectivity index (χ1) is 8.27. The number of hydrogen-bond donors (Lipinski definition) is 2. The quantitative estimate of drug-likeness (QED) is 0.701. The number of methoxy groups -OCH3 is 1. The van der Waals surface area contributed by atoms with Crippen LogP contribution in [0.25, 0.3) is 0 Å². The van der Waals surface area contributed by atoms with Crippen LogP contribution >= 0.6 is 0 Å². The van der Waals surface area contributed by atoms with Gasteiger partial charge in [0.1, 0.15) is 5.82 Å². The summed E-state index contributed by atoms with van der Waals surface area (Å²) >= 11 is 0. The van der Waals surface area contributed by atoms with Gasteiger partial charge >= 0.3 is 0 Å². The number of ether oxygens (including phenoxy) is 1. The molecule has 0 radical (unpaired) electrons. The number of hydrogen-bond acceptors (Lipinski definition) is 4. The lowest BCUT2D eigenvalue weighted by Crippen LogP contribution is -2.27. The number of rotatable bonds is 7. The highest BCUT2D eigenvalue weighted by molar-refractivity contribution is 5.94. The lowest BCUT2D eigenvalue weighted by molar-refractivity contribution is 0.0937. The summed E-state index contributed by atoms with van der Waals surface area (Å²) in [7, 11) is 1.60. The minimum absolute atomic E-state index is 0.128. The Hall–Kier alpha value is -1.62. The Morgan fingerprint density at radius 3 is 2.82 bits per heavy atom. The predicted molar refractivity (Wildman–Crippen MR) is 67.2 cm³/mol. The van der Waals surface area contributed by atoms with E-state index >= 15 is 0 Å². The third kappa shape index (κ3) is 4.82. The zero-order valence-electron chi connectivity index (χ0n) is 10.3. The highest BCUT2D eigenvalue weighted by atomic mass is 16.5. The SMILES string of the molecule is CCCNc1ccc(C(=O)NCCOC)cn1. The van der Waals surface area contributed by atoms with E-state index < -0.39 is 0 Å². The Kier molecular flexibility index (Phi) is 6.03. The molecule has 0 unspecified atom stereocenters. The van der Waals surface area contributed by atoms with E-state index in [1.54, 1.807) is 25.4 Å². The Balaban J connectivity index is 2.46. The lowest BCUT2D eigenvalue weighted by atomic mass is 10.2. The first-order valence-electron chi connectivity index (χ1n) is 5.75. The molecule has 0 spiro atoms. The summed E-state index contributed by atoms with van der Waals surface area (Å²) in [5.41, 5.74) is 0.558. The van der Waals surface area contributed by atoms with Crippen molar-refractivity contribution in [1.29, 1.82) is 0 Å². The molecule has 0 aliphatic carbocycles. The van der Waals surface area contributed by atoms with E-state index in [1.165, 1.54) is 0 Å². The van der Waals surface area contributed by atoms with Crippen LogP contribution in [0.5, 0.6) is 0 Å². The summed E-state index contributed by atoms with van der Waals surface area (Å²) in [6.07, 6.45) is 2.61. The number of anilines is 1. The summed E-state index contributed by atoms with van der Waals surface area (Å²) < 4.78 is 4.85. The first-order valence-corrected chi connectivity index (χ1v) is 5.75. The van der Waals surface area contributed by atoms with Crippen LogP contribution in [0.2, 0.25) is 0 Å². The first kappa shape index (κ1) is 13.4. The van der Waals surface area contributed by atoms with Crippen molar-refractivity contribution in [2.24, 2.45) is 0 Å². The van der Waals surface area contributed by atoms with Crippen molar-refractivity contribution in [2.75, 3.05) is 32.1 Å². The van der Waals surface area contributed by atoms with E-state index in [0.29, 0.717) is 18.7 Å². The molecule has 5 heteroatoms. The molecule has 0 saturated heterocycles. The van der Waals surface area contributed by atoms with Gasteiger partial charge in [-0.15, -0.1) is 0 Å². The molecule has 5 nitrogen and oxygen atoms in total. The average Bonchev–Trinajstić information content (AvgIpc) is 2.37. The third-order valence-corrected chi connectivity index (χ3v) is 2.17. The van der Waals surface area contributed by atoms with E-state index in [9.17, 15) is 4.79 Å². The van der Waals surface area contributed by atoms with Gasteiger partial charge in [0.25, 0.3) is 5.91 Å². The molecule has 0 fully saturated rings. The van der Waals surface area contributed by atoms with Crippen molar-refractivity contribution in [3.8, 4) is 0 Å². The highest BCUT2D eigenvalue weighted by Crippen LogP contribution is 2.04. The molecule has 0 atom stereocenters. The van der Waals surface area contributed by atoms with Gasteiger partial charge in [-0.05, 0) is 18.6 Å². The molecule has 0 aliphatic rings. The van der Waals surface area contributed by atoms with Crippen LogP contribution in [0, 0.1) is 0 Å². The fraction of sp³-hybridized carbons (Fsp3) is 0.500. The van der Waals surface area contributed by atoms with Gasteiger partial charge in [-0.1, -0.05) is 6.92 Å². The summed E-state index contributed by atoms with van der Waals surface area (Å²) in [6.45, 7) is 3.98. The summed E-state index contributed by atoms with van der Waals surface area (Å²) in [5, 5.41) is 5.89. The minimum Gasteiger partial charge on any atom is -0.383 e. The van der Waals surface area contributed by atoms with E-state index in [2.05, 4.69) is 22.5 Å². The fourth-order valence-electron chi connectivity index (χ4n) is 1.25. The number of pyridine rings is 1. The molecule has 1 aromatic heterocycles. The second-order valence-electron chi connectivity index (χ2n) is 3.61. The summed E-state index contributed by atoms with van der Waals surface area (Å²) in [6, 6.07) is 3.56. The van der Waals surface area contributed by atoms with Crippen LogP contribution in [0.3, 0.4) is 0 Å². The number of carbonyl (C=O) groups excluding carboxylic acids is 1. The Morgan fingerprint density at radius 2 is 2.24 bits per heavy atom. The molecule has 94 valence electrons. The smallest absolute Gasteiger partial charge is 0.252 e. The second kappa shape index (κ2) is 7.62. The molecule has 0 aromatic carbocycles. The molecule has 1 rings (SSSR count). The van der Waals surface area contributed by atoms with Gasteiger partial charge in [-0.2, -0.15) is 0 Å². The minimum atomic E-state index is -0.128. The molecule has 0 aliphatic heterocycles.